The van der Waals surface area contributed by atoms with Gasteiger partial charge in [-0.3, -0.25) is 0 Å². The Hall–Kier alpha value is -2.55. The molecule has 0 bridgehead atoms. The van der Waals surface area contributed by atoms with Crippen molar-refractivity contribution in [2.75, 3.05) is 0 Å². The highest BCUT2D eigenvalue weighted by Crippen LogP contribution is 2.21. The van der Waals surface area contributed by atoms with Crippen molar-refractivity contribution in [2.45, 2.75) is 13.5 Å². The standard InChI is InChI=1S/C17H15NO2/c1-12-9-10-18(16(12)17(19)20)11-14-7-4-6-13-5-2-3-8-15(13)14/h2-10H,11H2,1H3,(H,19,20). The van der Waals surface area contributed by atoms with Crippen molar-refractivity contribution in [1.82, 2.24) is 4.57 Å². The molecule has 1 N–H and O–H groups in total. The average Bonchev–Trinajstić information content (AvgIpc) is 2.80. The Balaban J connectivity index is 2.08. The summed E-state index contributed by atoms with van der Waals surface area (Å²) >= 11 is 0. The zero-order chi connectivity index (χ0) is 14.1. The molecule has 0 unspecified atom stereocenters. The maximum Gasteiger partial charge on any atom is 0.352 e. The summed E-state index contributed by atoms with van der Waals surface area (Å²) in [6.07, 6.45) is 1.83. The molecule has 2 aromatic carbocycles. The fraction of sp³-hybridized carbons (Fsp3) is 0.118. The van der Waals surface area contributed by atoms with Gasteiger partial charge in [-0.05, 0) is 34.9 Å². The largest absolute Gasteiger partial charge is 0.477 e. The first-order chi connectivity index (χ1) is 9.66. The van der Waals surface area contributed by atoms with Gasteiger partial charge in [-0.2, -0.15) is 0 Å². The highest BCUT2D eigenvalue weighted by molar-refractivity contribution is 5.88. The Morgan fingerprint density at radius 3 is 2.65 bits per heavy atom. The molecule has 0 saturated carbocycles. The lowest BCUT2D eigenvalue weighted by molar-refractivity contribution is 0.0685. The predicted octanol–water partition coefficient (Wildman–Crippen LogP) is 3.70. The number of carboxylic acids is 1. The Bertz CT molecular complexity index is 781. The van der Waals surface area contributed by atoms with Crippen molar-refractivity contribution in [3.63, 3.8) is 0 Å². The summed E-state index contributed by atoms with van der Waals surface area (Å²) in [6, 6.07) is 16.1. The third-order valence-electron chi connectivity index (χ3n) is 3.59. The quantitative estimate of drug-likeness (QED) is 0.784. The zero-order valence-electron chi connectivity index (χ0n) is 11.2. The van der Waals surface area contributed by atoms with Gasteiger partial charge in [0.1, 0.15) is 5.69 Å². The van der Waals surface area contributed by atoms with Crippen LogP contribution in [0, 0.1) is 6.92 Å². The van der Waals surface area contributed by atoms with Crippen LogP contribution >= 0.6 is 0 Å². The van der Waals surface area contributed by atoms with Gasteiger partial charge in [-0.25, -0.2) is 4.79 Å². The van der Waals surface area contributed by atoms with E-state index in [0.29, 0.717) is 12.2 Å². The number of fused-ring (bicyclic) bond motifs is 1. The van der Waals surface area contributed by atoms with E-state index >= 15 is 0 Å². The molecular weight excluding hydrogens is 250 g/mol. The van der Waals surface area contributed by atoms with E-state index in [1.165, 1.54) is 5.39 Å². The van der Waals surface area contributed by atoms with Gasteiger partial charge < -0.3 is 9.67 Å². The van der Waals surface area contributed by atoms with Gasteiger partial charge in [0.05, 0.1) is 0 Å². The fourth-order valence-corrected chi connectivity index (χ4v) is 2.62. The number of hydrogen-bond acceptors (Lipinski definition) is 1. The van der Waals surface area contributed by atoms with Gasteiger partial charge >= 0.3 is 5.97 Å². The lowest BCUT2D eigenvalue weighted by Gasteiger charge is -2.10. The van der Waals surface area contributed by atoms with E-state index in [1.807, 2.05) is 43.5 Å². The van der Waals surface area contributed by atoms with E-state index in [4.69, 9.17) is 0 Å². The normalized spacial score (nSPS) is 10.8. The molecule has 0 amide bonds. The van der Waals surface area contributed by atoms with Crippen molar-refractivity contribution >= 4 is 16.7 Å². The molecule has 0 spiro atoms. The van der Waals surface area contributed by atoms with Crippen LogP contribution in [0.4, 0.5) is 0 Å². The Kier molecular flexibility index (Phi) is 3.03. The van der Waals surface area contributed by atoms with Crippen LogP contribution < -0.4 is 0 Å². The van der Waals surface area contributed by atoms with Crippen molar-refractivity contribution in [3.05, 3.63) is 71.5 Å². The lowest BCUT2D eigenvalue weighted by Crippen LogP contribution is -2.10. The first-order valence-corrected chi connectivity index (χ1v) is 6.52. The third kappa shape index (κ3) is 2.07. The van der Waals surface area contributed by atoms with E-state index in [2.05, 4.69) is 18.2 Å². The molecule has 3 nitrogen and oxygen atoms in total. The monoisotopic (exact) mass is 265 g/mol. The molecule has 0 aliphatic heterocycles. The molecule has 3 aromatic rings. The van der Waals surface area contributed by atoms with Crippen LogP contribution in [-0.4, -0.2) is 15.6 Å². The third-order valence-corrected chi connectivity index (χ3v) is 3.59. The smallest absolute Gasteiger partial charge is 0.352 e. The van der Waals surface area contributed by atoms with Crippen LogP contribution in [-0.2, 0) is 6.54 Å². The second-order valence-electron chi connectivity index (χ2n) is 4.92. The van der Waals surface area contributed by atoms with Crippen molar-refractivity contribution < 1.29 is 9.90 Å². The van der Waals surface area contributed by atoms with Crippen molar-refractivity contribution in [3.8, 4) is 0 Å². The van der Waals surface area contributed by atoms with E-state index < -0.39 is 5.97 Å². The molecule has 1 aromatic heterocycles. The number of benzene rings is 2. The van der Waals surface area contributed by atoms with Crippen LogP contribution in [0.15, 0.2) is 54.7 Å². The maximum absolute atomic E-state index is 11.3. The molecule has 0 aliphatic rings. The number of aryl methyl sites for hydroxylation is 1. The van der Waals surface area contributed by atoms with E-state index in [-0.39, 0.29) is 0 Å². The number of rotatable bonds is 3. The van der Waals surface area contributed by atoms with Crippen LogP contribution in [0.2, 0.25) is 0 Å². The van der Waals surface area contributed by atoms with Gasteiger partial charge in [-0.1, -0.05) is 42.5 Å². The van der Waals surface area contributed by atoms with Crippen LogP contribution in [0.25, 0.3) is 10.8 Å². The molecule has 1 heterocycles. The summed E-state index contributed by atoms with van der Waals surface area (Å²) in [6.45, 7) is 2.39. The minimum absolute atomic E-state index is 0.359. The first-order valence-electron chi connectivity index (χ1n) is 6.52. The summed E-state index contributed by atoms with van der Waals surface area (Å²) in [5.41, 5.74) is 2.27. The molecule has 0 aliphatic carbocycles. The van der Waals surface area contributed by atoms with Crippen LogP contribution in [0.1, 0.15) is 21.6 Å². The van der Waals surface area contributed by atoms with Gasteiger partial charge in [0.15, 0.2) is 0 Å². The second kappa shape index (κ2) is 4.85. The topological polar surface area (TPSA) is 42.2 Å². The Morgan fingerprint density at radius 2 is 1.85 bits per heavy atom. The molecule has 0 atom stereocenters. The molecule has 0 radical (unpaired) electrons. The molecule has 0 fully saturated rings. The molecule has 3 rings (SSSR count). The number of aromatic nitrogens is 1. The average molecular weight is 265 g/mol. The number of nitrogens with zero attached hydrogens (tertiary/aromatic N) is 1. The van der Waals surface area contributed by atoms with Crippen molar-refractivity contribution in [1.29, 1.82) is 0 Å². The fourth-order valence-electron chi connectivity index (χ4n) is 2.62. The highest BCUT2D eigenvalue weighted by atomic mass is 16.4. The molecular formula is C17H15NO2. The van der Waals surface area contributed by atoms with Crippen LogP contribution in [0.5, 0.6) is 0 Å². The number of aromatic carboxylic acids is 1. The Morgan fingerprint density at radius 1 is 1.10 bits per heavy atom. The second-order valence-corrected chi connectivity index (χ2v) is 4.92. The predicted molar refractivity (Wildman–Crippen MR) is 79.2 cm³/mol. The van der Waals surface area contributed by atoms with Gasteiger partial charge in [0.2, 0.25) is 0 Å². The van der Waals surface area contributed by atoms with E-state index in [9.17, 15) is 9.90 Å². The minimum Gasteiger partial charge on any atom is -0.477 e. The molecule has 3 heteroatoms. The maximum atomic E-state index is 11.3. The zero-order valence-corrected chi connectivity index (χ0v) is 11.2. The summed E-state index contributed by atoms with van der Waals surface area (Å²) in [7, 11) is 0. The molecule has 0 saturated heterocycles. The van der Waals surface area contributed by atoms with Gasteiger partial charge in [0.25, 0.3) is 0 Å². The first kappa shape index (κ1) is 12.5. The van der Waals surface area contributed by atoms with Gasteiger partial charge in [0, 0.05) is 12.7 Å². The summed E-state index contributed by atoms with van der Waals surface area (Å²) in [5.74, 6) is -0.882. The number of carboxylic acid groups (broad SMARTS) is 1. The summed E-state index contributed by atoms with van der Waals surface area (Å²) in [5, 5.41) is 11.6. The number of carbonyl (C=O) groups is 1. The number of hydrogen-bond donors (Lipinski definition) is 1. The summed E-state index contributed by atoms with van der Waals surface area (Å²) in [4.78, 5) is 11.3. The van der Waals surface area contributed by atoms with Crippen LogP contribution in [0.3, 0.4) is 0 Å². The Labute approximate surface area is 117 Å². The highest BCUT2D eigenvalue weighted by Gasteiger charge is 2.13. The summed E-state index contributed by atoms with van der Waals surface area (Å²) < 4.78 is 1.79. The van der Waals surface area contributed by atoms with E-state index in [1.54, 1.807) is 4.57 Å². The minimum atomic E-state index is -0.882. The van der Waals surface area contributed by atoms with E-state index in [0.717, 1.165) is 16.5 Å². The van der Waals surface area contributed by atoms with Gasteiger partial charge in [-0.15, -0.1) is 0 Å². The molecule has 100 valence electrons. The van der Waals surface area contributed by atoms with Crippen molar-refractivity contribution in [2.24, 2.45) is 0 Å². The SMILES string of the molecule is Cc1ccn(Cc2cccc3ccccc23)c1C(=O)O. The lowest BCUT2D eigenvalue weighted by atomic mass is 10.0. The molecule has 20 heavy (non-hydrogen) atoms.